The highest BCUT2D eigenvalue weighted by molar-refractivity contribution is 5.73. The zero-order chi connectivity index (χ0) is 20.4. The highest BCUT2D eigenvalue weighted by Gasteiger charge is 2.36. The largest absolute Gasteiger partial charge is 0.480 e. The third-order valence-electron chi connectivity index (χ3n) is 6.19. The third kappa shape index (κ3) is 4.35. The van der Waals surface area contributed by atoms with Gasteiger partial charge in [-0.25, -0.2) is 0 Å². The Hall–Kier alpha value is -2.26. The Morgan fingerprint density at radius 1 is 1.24 bits per heavy atom. The number of piperidine rings is 1. The van der Waals surface area contributed by atoms with Crippen molar-refractivity contribution in [1.29, 1.82) is 0 Å². The molecule has 4 rings (SSSR count). The van der Waals surface area contributed by atoms with Crippen LogP contribution in [-0.2, 0) is 4.79 Å². The lowest BCUT2D eigenvalue weighted by Crippen LogP contribution is -2.52. The molecule has 1 amide bonds. The van der Waals surface area contributed by atoms with Crippen molar-refractivity contribution in [2.45, 2.75) is 50.5 Å². The maximum Gasteiger partial charge on any atom is 0.231 e. The summed E-state index contributed by atoms with van der Waals surface area (Å²) in [6.07, 6.45) is 4.53. The number of aliphatic hydroxyl groups is 1. The van der Waals surface area contributed by atoms with Crippen LogP contribution in [0.1, 0.15) is 50.8 Å². The molecule has 2 aromatic heterocycles. The number of carbonyl (C=O) groups is 1. The number of likely N-dealkylation sites (tertiary alicyclic amines) is 2. The van der Waals surface area contributed by atoms with Crippen LogP contribution in [0.25, 0.3) is 5.65 Å². The molecule has 2 aromatic rings. The topological polar surface area (TPSA) is 96.1 Å². The second-order valence-corrected chi connectivity index (χ2v) is 8.38. The number of amides is 1. The Bertz CT molecular complexity index is 863. The quantitative estimate of drug-likeness (QED) is 0.817. The van der Waals surface area contributed by atoms with E-state index in [2.05, 4.69) is 20.2 Å². The van der Waals surface area contributed by atoms with Crippen molar-refractivity contribution < 1.29 is 14.6 Å². The van der Waals surface area contributed by atoms with Crippen molar-refractivity contribution in [3.05, 3.63) is 18.0 Å². The number of hydrogen-bond donors (Lipinski definition) is 1. The zero-order valence-electron chi connectivity index (χ0n) is 17.3. The number of fused-ring (bicyclic) bond motifs is 1. The number of ether oxygens (including phenoxy) is 1. The predicted octanol–water partition coefficient (Wildman–Crippen LogP) is 1.08. The summed E-state index contributed by atoms with van der Waals surface area (Å²) < 4.78 is 7.01. The Labute approximate surface area is 170 Å². The minimum Gasteiger partial charge on any atom is -0.480 e. The molecular formula is C20H30N6O3. The van der Waals surface area contributed by atoms with Crippen molar-refractivity contribution in [3.8, 4) is 5.88 Å². The minimum atomic E-state index is -0.828. The highest BCUT2D eigenvalue weighted by Crippen LogP contribution is 2.29. The van der Waals surface area contributed by atoms with E-state index in [0.717, 1.165) is 63.2 Å². The van der Waals surface area contributed by atoms with Crippen LogP contribution >= 0.6 is 0 Å². The number of rotatable bonds is 4. The van der Waals surface area contributed by atoms with E-state index in [1.54, 1.807) is 29.5 Å². The van der Waals surface area contributed by atoms with E-state index < -0.39 is 5.60 Å². The summed E-state index contributed by atoms with van der Waals surface area (Å²) in [6.45, 7) is 5.13. The maximum absolute atomic E-state index is 11.8. The minimum absolute atomic E-state index is 0.0469. The van der Waals surface area contributed by atoms with Crippen molar-refractivity contribution in [2.24, 2.45) is 0 Å². The van der Waals surface area contributed by atoms with Crippen LogP contribution in [0.5, 0.6) is 5.88 Å². The molecule has 2 aliphatic heterocycles. The molecule has 9 nitrogen and oxygen atoms in total. The normalized spacial score (nSPS) is 24.6. The Morgan fingerprint density at radius 2 is 2.03 bits per heavy atom. The molecule has 2 aliphatic rings. The summed E-state index contributed by atoms with van der Waals surface area (Å²) in [5, 5.41) is 24.3. The molecule has 0 saturated carbocycles. The van der Waals surface area contributed by atoms with Gasteiger partial charge in [-0.15, -0.1) is 15.3 Å². The van der Waals surface area contributed by atoms with Crippen molar-refractivity contribution in [3.63, 3.8) is 0 Å². The van der Waals surface area contributed by atoms with E-state index in [9.17, 15) is 9.90 Å². The van der Waals surface area contributed by atoms with E-state index in [4.69, 9.17) is 4.74 Å². The lowest BCUT2D eigenvalue weighted by atomic mass is 9.92. The van der Waals surface area contributed by atoms with Gasteiger partial charge in [0.1, 0.15) is 0 Å². The molecular weight excluding hydrogens is 372 g/mol. The van der Waals surface area contributed by atoms with Crippen molar-refractivity contribution >= 4 is 11.6 Å². The van der Waals surface area contributed by atoms with Crippen LogP contribution in [0, 0.1) is 0 Å². The van der Waals surface area contributed by atoms with Crippen LogP contribution in [-0.4, -0.2) is 86.1 Å². The lowest BCUT2D eigenvalue weighted by molar-refractivity contribution is -0.132. The molecule has 0 aromatic carbocycles. The first kappa shape index (κ1) is 20.0. The summed E-state index contributed by atoms with van der Waals surface area (Å²) >= 11 is 0. The van der Waals surface area contributed by atoms with Gasteiger partial charge >= 0.3 is 0 Å². The molecule has 4 heterocycles. The van der Waals surface area contributed by atoms with Gasteiger partial charge in [0, 0.05) is 32.0 Å². The standard InChI is InChI=1S/C20H30N6O3/c1-15(27)25-10-4-3-9-20(28,14-25)13-24-11-7-16(8-12-24)19-22-21-17-5-6-18(29-2)23-26(17)19/h5-6,16,28H,3-4,7-14H2,1-2H3. The summed E-state index contributed by atoms with van der Waals surface area (Å²) in [6, 6.07) is 3.65. The van der Waals surface area contributed by atoms with Crippen LogP contribution in [0.15, 0.2) is 12.1 Å². The average Bonchev–Trinajstić information content (AvgIpc) is 3.03. The summed E-state index contributed by atoms with van der Waals surface area (Å²) in [7, 11) is 1.60. The Balaban J connectivity index is 1.40. The van der Waals surface area contributed by atoms with E-state index in [-0.39, 0.29) is 11.8 Å². The van der Waals surface area contributed by atoms with Gasteiger partial charge in [0.25, 0.3) is 0 Å². The van der Waals surface area contributed by atoms with E-state index in [1.165, 1.54) is 0 Å². The van der Waals surface area contributed by atoms with Gasteiger partial charge in [0.2, 0.25) is 11.8 Å². The fraction of sp³-hybridized carbons (Fsp3) is 0.700. The number of β-amino-alcohol motifs (C(OH)–C–C–N with tert-alkyl or cyclic N) is 1. The molecule has 0 aliphatic carbocycles. The number of nitrogens with zero attached hydrogens (tertiary/aromatic N) is 6. The average molecular weight is 402 g/mol. The van der Waals surface area contributed by atoms with Crippen molar-refractivity contribution in [1.82, 2.24) is 29.6 Å². The van der Waals surface area contributed by atoms with Gasteiger partial charge in [-0.2, -0.15) is 4.52 Å². The van der Waals surface area contributed by atoms with Crippen LogP contribution < -0.4 is 4.74 Å². The Morgan fingerprint density at radius 3 is 2.76 bits per heavy atom. The number of methoxy groups -OCH3 is 1. The first-order valence-electron chi connectivity index (χ1n) is 10.4. The second kappa shape index (κ2) is 8.23. The van der Waals surface area contributed by atoms with Gasteiger partial charge in [-0.05, 0) is 51.3 Å². The third-order valence-corrected chi connectivity index (χ3v) is 6.19. The van der Waals surface area contributed by atoms with Gasteiger partial charge in [-0.1, -0.05) is 0 Å². The van der Waals surface area contributed by atoms with Crippen LogP contribution in [0.3, 0.4) is 0 Å². The second-order valence-electron chi connectivity index (χ2n) is 8.38. The van der Waals surface area contributed by atoms with Crippen LogP contribution in [0.4, 0.5) is 0 Å². The molecule has 2 saturated heterocycles. The highest BCUT2D eigenvalue weighted by atomic mass is 16.5. The molecule has 1 unspecified atom stereocenters. The lowest BCUT2D eigenvalue weighted by Gasteiger charge is -2.39. The van der Waals surface area contributed by atoms with Crippen molar-refractivity contribution in [2.75, 3.05) is 39.8 Å². The fourth-order valence-corrected chi connectivity index (χ4v) is 4.59. The molecule has 0 bridgehead atoms. The Kier molecular flexibility index (Phi) is 5.69. The van der Waals surface area contributed by atoms with Gasteiger partial charge in [0.05, 0.1) is 19.3 Å². The monoisotopic (exact) mass is 402 g/mol. The number of hydrogen-bond acceptors (Lipinski definition) is 7. The fourth-order valence-electron chi connectivity index (χ4n) is 4.59. The maximum atomic E-state index is 11.8. The number of aromatic nitrogens is 4. The van der Waals surface area contributed by atoms with E-state index >= 15 is 0 Å². The molecule has 0 radical (unpaired) electrons. The zero-order valence-corrected chi connectivity index (χ0v) is 17.3. The smallest absolute Gasteiger partial charge is 0.231 e. The molecule has 9 heteroatoms. The van der Waals surface area contributed by atoms with Gasteiger partial charge < -0.3 is 19.6 Å². The van der Waals surface area contributed by atoms with E-state index in [0.29, 0.717) is 19.0 Å². The first-order valence-corrected chi connectivity index (χ1v) is 10.4. The van der Waals surface area contributed by atoms with E-state index in [1.807, 2.05) is 6.07 Å². The molecule has 2 fully saturated rings. The van der Waals surface area contributed by atoms with Gasteiger partial charge in [0.15, 0.2) is 11.5 Å². The number of carbonyl (C=O) groups excluding carboxylic acids is 1. The predicted molar refractivity (Wildman–Crippen MR) is 107 cm³/mol. The first-order chi connectivity index (χ1) is 14.0. The molecule has 1 atom stereocenters. The van der Waals surface area contributed by atoms with Crippen LogP contribution in [0.2, 0.25) is 0 Å². The summed E-state index contributed by atoms with van der Waals surface area (Å²) in [5.74, 6) is 1.74. The molecule has 0 spiro atoms. The summed E-state index contributed by atoms with van der Waals surface area (Å²) in [4.78, 5) is 15.9. The summed E-state index contributed by atoms with van der Waals surface area (Å²) in [5.41, 5.74) is -0.105. The van der Waals surface area contributed by atoms with Gasteiger partial charge in [-0.3, -0.25) is 4.79 Å². The SMILES string of the molecule is COc1ccc2nnc(C3CCN(CC4(O)CCCCN(C(C)=O)C4)CC3)n2n1. The molecule has 29 heavy (non-hydrogen) atoms. The molecule has 158 valence electrons. The molecule has 1 N–H and O–H groups in total.